The summed E-state index contributed by atoms with van der Waals surface area (Å²) in [4.78, 5) is 52.0. The summed E-state index contributed by atoms with van der Waals surface area (Å²) in [7, 11) is 0. The highest BCUT2D eigenvalue weighted by molar-refractivity contribution is 9.08. The quantitative estimate of drug-likeness (QED) is 0.300. The van der Waals surface area contributed by atoms with Gasteiger partial charge >= 0.3 is 0 Å². The molecule has 4 amide bonds. The maximum atomic E-state index is 13.1. The van der Waals surface area contributed by atoms with Crippen molar-refractivity contribution in [2.75, 3.05) is 0 Å². The van der Waals surface area contributed by atoms with Gasteiger partial charge in [0.15, 0.2) is 0 Å². The highest BCUT2D eigenvalue weighted by Crippen LogP contribution is 2.72. The van der Waals surface area contributed by atoms with Gasteiger partial charge in [-0.2, -0.15) is 0 Å². The predicted molar refractivity (Wildman–Crippen MR) is 97.2 cm³/mol. The molecule has 0 aromatic carbocycles. The molecule has 5 atom stereocenters. The topological polar surface area (TPSA) is 74.8 Å². The predicted octanol–water partition coefficient (Wildman–Crippen LogP) is 2.57. The molecule has 0 radical (unpaired) electrons. The number of hydrogen-bond acceptors (Lipinski definition) is 4. The fraction of sp³-hybridized carbons (Fsp3) is 0.667. The van der Waals surface area contributed by atoms with Crippen molar-refractivity contribution >= 4 is 55.9 Å². The van der Waals surface area contributed by atoms with Gasteiger partial charge in [-0.3, -0.25) is 19.2 Å². The monoisotopic (exact) mass is 484 g/mol. The molecule has 0 aromatic heterocycles. The third kappa shape index (κ3) is 1.61. The summed E-state index contributed by atoms with van der Waals surface area (Å²) in [6.45, 7) is 4.13. The molecule has 5 unspecified atom stereocenters. The number of amides is 4. The van der Waals surface area contributed by atoms with Crippen LogP contribution in [0.4, 0.5) is 0 Å². The van der Waals surface area contributed by atoms with Crippen LogP contribution in [0.2, 0.25) is 0 Å². The normalized spacial score (nSPS) is 46.9. The molecule has 2 aliphatic heterocycles. The van der Waals surface area contributed by atoms with Crippen molar-refractivity contribution in [3.05, 3.63) is 11.1 Å². The molecule has 2 heterocycles. The number of halogens is 2. The third-order valence-electron chi connectivity index (χ3n) is 7.59. The van der Waals surface area contributed by atoms with Crippen LogP contribution < -0.4 is 0 Å². The summed E-state index contributed by atoms with van der Waals surface area (Å²) >= 11 is 6.28. The van der Waals surface area contributed by atoms with E-state index in [1.165, 1.54) is 0 Å². The van der Waals surface area contributed by atoms with Crippen LogP contribution in [0.3, 0.4) is 0 Å². The molecule has 8 heteroatoms. The molecule has 4 fully saturated rings. The molecule has 4 aliphatic carbocycles. The summed E-state index contributed by atoms with van der Waals surface area (Å²) < 4.78 is 2.10. The SMILES string of the molecule is CC1=C2CCC(C)CC23C2C(=O)N(Br)C(=O)C2C1C1C(=O)N(Br)C(=O)C13. The first-order valence-corrected chi connectivity index (χ1v) is 10.4. The molecular weight excluding hydrogens is 468 g/mol. The molecule has 6 nitrogen and oxygen atoms in total. The number of rotatable bonds is 0. The fourth-order valence-corrected chi connectivity index (χ4v) is 7.81. The number of allylic oxidation sites excluding steroid dienone is 2. The second kappa shape index (κ2) is 5.07. The molecule has 2 saturated heterocycles. The Labute approximate surface area is 168 Å². The molecule has 6 aliphatic rings. The lowest BCUT2D eigenvalue weighted by Crippen LogP contribution is -2.62. The Morgan fingerprint density at radius 3 is 1.88 bits per heavy atom. The first kappa shape index (κ1) is 17.1. The molecular formula is C18H18Br2N2O4. The average molecular weight is 486 g/mol. The second-order valence-electron chi connectivity index (χ2n) is 8.50. The van der Waals surface area contributed by atoms with E-state index in [1.807, 2.05) is 6.92 Å². The van der Waals surface area contributed by atoms with Gasteiger partial charge in [-0.15, -0.1) is 0 Å². The number of imide groups is 2. The molecule has 0 aromatic rings. The zero-order chi connectivity index (χ0) is 18.7. The Bertz CT molecular complexity index is 791. The summed E-state index contributed by atoms with van der Waals surface area (Å²) in [6.07, 6.45) is 2.52. The van der Waals surface area contributed by atoms with Gasteiger partial charge < -0.3 is 0 Å². The first-order valence-electron chi connectivity index (χ1n) is 9.00. The number of nitrogens with zero attached hydrogens (tertiary/aromatic N) is 2. The minimum absolute atomic E-state index is 0.254. The molecule has 0 N–H and O–H groups in total. The molecule has 2 saturated carbocycles. The molecule has 26 heavy (non-hydrogen) atoms. The van der Waals surface area contributed by atoms with E-state index in [0.717, 1.165) is 31.8 Å². The van der Waals surface area contributed by atoms with Crippen LogP contribution in [0.15, 0.2) is 11.1 Å². The van der Waals surface area contributed by atoms with Crippen LogP contribution in [-0.4, -0.2) is 31.5 Å². The van der Waals surface area contributed by atoms with Crippen molar-refractivity contribution in [2.24, 2.45) is 40.9 Å². The van der Waals surface area contributed by atoms with Gasteiger partial charge in [-0.25, -0.2) is 7.85 Å². The van der Waals surface area contributed by atoms with Gasteiger partial charge in [0.2, 0.25) is 23.6 Å². The Kier molecular flexibility index (Phi) is 3.33. The minimum atomic E-state index is -0.712. The molecule has 138 valence electrons. The van der Waals surface area contributed by atoms with E-state index in [0.29, 0.717) is 12.3 Å². The van der Waals surface area contributed by atoms with E-state index in [1.54, 1.807) is 0 Å². The van der Waals surface area contributed by atoms with E-state index >= 15 is 0 Å². The Balaban J connectivity index is 1.83. The van der Waals surface area contributed by atoms with Crippen molar-refractivity contribution in [1.82, 2.24) is 7.85 Å². The van der Waals surface area contributed by atoms with Crippen molar-refractivity contribution in [3.8, 4) is 0 Å². The lowest BCUT2D eigenvalue weighted by atomic mass is 9.39. The summed E-state index contributed by atoms with van der Waals surface area (Å²) in [6, 6.07) is 0. The molecule has 1 spiro atoms. The standard InChI is InChI=1S/C18H18Br2N2O4/c1-6-3-4-8-7(2)9-10-12(16(25)21(19)14(10)23)18(8,5-6)13-11(9)15(24)22(20)17(13)26/h6,9-13H,3-5H2,1-2H3. The van der Waals surface area contributed by atoms with Gasteiger partial charge in [-0.05, 0) is 32.1 Å². The van der Waals surface area contributed by atoms with Crippen LogP contribution in [0.5, 0.6) is 0 Å². The maximum Gasteiger partial charge on any atom is 0.244 e. The van der Waals surface area contributed by atoms with E-state index in [2.05, 4.69) is 39.2 Å². The van der Waals surface area contributed by atoms with Crippen molar-refractivity contribution < 1.29 is 19.2 Å². The van der Waals surface area contributed by atoms with E-state index in [-0.39, 0.29) is 29.5 Å². The maximum absolute atomic E-state index is 13.1. The van der Waals surface area contributed by atoms with E-state index in [9.17, 15) is 19.2 Å². The lowest BCUT2D eigenvalue weighted by Gasteiger charge is -2.61. The average Bonchev–Trinajstić information content (AvgIpc) is 2.97. The van der Waals surface area contributed by atoms with Crippen molar-refractivity contribution in [2.45, 2.75) is 33.1 Å². The zero-order valence-corrected chi connectivity index (χ0v) is 17.5. The first-order chi connectivity index (χ1) is 12.2. The smallest absolute Gasteiger partial charge is 0.244 e. The Hall–Kier alpha value is -1.02. The van der Waals surface area contributed by atoms with Crippen LogP contribution in [-0.2, 0) is 19.2 Å². The summed E-state index contributed by atoms with van der Waals surface area (Å²) in [5, 5.41) is 0. The van der Waals surface area contributed by atoms with Gasteiger partial charge in [0, 0.05) is 11.3 Å². The fourth-order valence-electron chi connectivity index (χ4n) is 6.89. The highest BCUT2D eigenvalue weighted by atomic mass is 79.9. The minimum Gasteiger partial charge on any atom is -0.273 e. The van der Waals surface area contributed by atoms with Gasteiger partial charge in [0.1, 0.15) is 0 Å². The lowest BCUT2D eigenvalue weighted by molar-refractivity contribution is -0.154. The van der Waals surface area contributed by atoms with Crippen LogP contribution in [0.1, 0.15) is 33.1 Å². The van der Waals surface area contributed by atoms with Gasteiger partial charge in [-0.1, -0.05) is 18.1 Å². The van der Waals surface area contributed by atoms with E-state index < -0.39 is 29.1 Å². The second-order valence-corrected chi connectivity index (χ2v) is 9.92. The summed E-state index contributed by atoms with van der Waals surface area (Å²) in [5.74, 6) is -3.26. The van der Waals surface area contributed by atoms with Gasteiger partial charge in [0.25, 0.3) is 0 Å². The van der Waals surface area contributed by atoms with E-state index in [4.69, 9.17) is 0 Å². The summed E-state index contributed by atoms with van der Waals surface area (Å²) in [5.41, 5.74) is 1.51. The largest absolute Gasteiger partial charge is 0.273 e. The molecule has 2 bridgehead atoms. The zero-order valence-electron chi connectivity index (χ0n) is 14.4. The number of carbonyl (C=O) groups excluding carboxylic acids is 4. The number of carbonyl (C=O) groups is 4. The van der Waals surface area contributed by atoms with Crippen LogP contribution >= 0.6 is 32.3 Å². The Morgan fingerprint density at radius 2 is 1.38 bits per heavy atom. The highest BCUT2D eigenvalue weighted by Gasteiger charge is 2.77. The molecule has 6 rings (SSSR count). The van der Waals surface area contributed by atoms with Crippen molar-refractivity contribution in [3.63, 3.8) is 0 Å². The van der Waals surface area contributed by atoms with Crippen molar-refractivity contribution in [1.29, 1.82) is 0 Å². The van der Waals surface area contributed by atoms with Gasteiger partial charge in [0.05, 0.1) is 56.0 Å². The van der Waals surface area contributed by atoms with Crippen LogP contribution in [0, 0.1) is 40.9 Å². The number of hydrogen-bond donors (Lipinski definition) is 0. The Morgan fingerprint density at radius 1 is 0.885 bits per heavy atom. The third-order valence-corrected chi connectivity index (χ3v) is 8.99. The van der Waals surface area contributed by atoms with Crippen LogP contribution in [0.25, 0.3) is 0 Å².